The second-order valence-corrected chi connectivity index (χ2v) is 6.39. The highest BCUT2D eigenvalue weighted by Crippen LogP contribution is 2.21. The molecule has 3 aromatic heterocycles. The van der Waals surface area contributed by atoms with Crippen molar-refractivity contribution in [3.63, 3.8) is 0 Å². The van der Waals surface area contributed by atoms with Gasteiger partial charge in [0.1, 0.15) is 0 Å². The lowest BCUT2D eigenvalue weighted by atomic mass is 10.1. The average molecular weight is 374 g/mol. The molecule has 0 saturated carbocycles. The molecule has 0 atom stereocenters. The lowest BCUT2D eigenvalue weighted by Gasteiger charge is -2.09. The molecule has 0 aliphatic rings. The van der Waals surface area contributed by atoms with Crippen LogP contribution >= 0.6 is 27.3 Å². The van der Waals surface area contributed by atoms with Gasteiger partial charge in [-0.05, 0) is 45.8 Å². The van der Waals surface area contributed by atoms with Crippen LogP contribution in [0.3, 0.4) is 0 Å². The van der Waals surface area contributed by atoms with Crippen molar-refractivity contribution < 1.29 is 4.79 Å². The standard InChI is InChI=1S/C16H12BrN3OS/c17-13-7-14(22-10-13)16(21)20-9-12-4-2-6-19-15(12)11-3-1-5-18-8-11/h1-8,10H,9H2,(H,20,21). The number of rotatable bonds is 4. The zero-order valence-electron chi connectivity index (χ0n) is 11.5. The van der Waals surface area contributed by atoms with Crippen molar-refractivity contribution >= 4 is 33.2 Å². The predicted octanol–water partition coefficient (Wildman–Crippen LogP) is 3.90. The summed E-state index contributed by atoms with van der Waals surface area (Å²) in [7, 11) is 0. The van der Waals surface area contributed by atoms with E-state index in [1.54, 1.807) is 18.6 Å². The van der Waals surface area contributed by atoms with E-state index in [4.69, 9.17) is 0 Å². The van der Waals surface area contributed by atoms with Crippen molar-refractivity contribution in [2.24, 2.45) is 0 Å². The topological polar surface area (TPSA) is 54.9 Å². The first-order chi connectivity index (χ1) is 10.7. The van der Waals surface area contributed by atoms with E-state index in [0.29, 0.717) is 11.4 Å². The number of carbonyl (C=O) groups excluding carboxylic acids is 1. The van der Waals surface area contributed by atoms with Gasteiger partial charge in [-0.15, -0.1) is 11.3 Å². The number of nitrogens with zero attached hydrogens (tertiary/aromatic N) is 2. The third-order valence-electron chi connectivity index (χ3n) is 3.06. The first-order valence-corrected chi connectivity index (χ1v) is 8.28. The summed E-state index contributed by atoms with van der Waals surface area (Å²) < 4.78 is 0.917. The molecule has 6 heteroatoms. The third-order valence-corrected chi connectivity index (χ3v) is 4.75. The van der Waals surface area contributed by atoms with Crippen LogP contribution in [0.25, 0.3) is 11.3 Å². The lowest BCUT2D eigenvalue weighted by Crippen LogP contribution is -2.22. The number of aromatic nitrogens is 2. The van der Waals surface area contributed by atoms with E-state index in [-0.39, 0.29) is 5.91 Å². The number of pyridine rings is 2. The smallest absolute Gasteiger partial charge is 0.261 e. The molecule has 1 amide bonds. The van der Waals surface area contributed by atoms with Gasteiger partial charge in [0, 0.05) is 40.6 Å². The number of halogens is 1. The van der Waals surface area contributed by atoms with E-state index >= 15 is 0 Å². The average Bonchev–Trinajstić information content (AvgIpc) is 3.00. The lowest BCUT2D eigenvalue weighted by molar-refractivity contribution is 0.0955. The van der Waals surface area contributed by atoms with Gasteiger partial charge in [0.2, 0.25) is 0 Å². The third kappa shape index (κ3) is 3.40. The van der Waals surface area contributed by atoms with Crippen molar-refractivity contribution in [1.82, 2.24) is 15.3 Å². The molecule has 0 unspecified atom stereocenters. The van der Waals surface area contributed by atoms with Crippen molar-refractivity contribution in [1.29, 1.82) is 0 Å². The minimum atomic E-state index is -0.0864. The van der Waals surface area contributed by atoms with Crippen LogP contribution in [0.1, 0.15) is 15.2 Å². The fourth-order valence-corrected chi connectivity index (χ4v) is 3.38. The summed E-state index contributed by atoms with van der Waals surface area (Å²) in [4.78, 5) is 21.3. The van der Waals surface area contributed by atoms with Crippen LogP contribution in [0.15, 0.2) is 58.8 Å². The first kappa shape index (κ1) is 14.9. The number of hydrogen-bond donors (Lipinski definition) is 1. The summed E-state index contributed by atoms with van der Waals surface area (Å²) in [5, 5.41) is 4.82. The monoisotopic (exact) mass is 373 g/mol. The fraction of sp³-hybridized carbons (Fsp3) is 0.0625. The van der Waals surface area contributed by atoms with Gasteiger partial charge in [-0.2, -0.15) is 0 Å². The van der Waals surface area contributed by atoms with Gasteiger partial charge in [-0.1, -0.05) is 6.07 Å². The van der Waals surface area contributed by atoms with Crippen LogP contribution < -0.4 is 5.32 Å². The second kappa shape index (κ2) is 6.81. The molecule has 0 aliphatic carbocycles. The zero-order chi connectivity index (χ0) is 15.4. The Hall–Kier alpha value is -2.05. The Morgan fingerprint density at radius 1 is 1.27 bits per heavy atom. The Morgan fingerprint density at radius 2 is 2.14 bits per heavy atom. The predicted molar refractivity (Wildman–Crippen MR) is 90.7 cm³/mol. The van der Waals surface area contributed by atoms with Crippen molar-refractivity contribution in [3.05, 3.63) is 69.2 Å². The van der Waals surface area contributed by atoms with Crippen LogP contribution in [0.5, 0.6) is 0 Å². The van der Waals surface area contributed by atoms with Crippen LogP contribution in [-0.4, -0.2) is 15.9 Å². The Bertz CT molecular complexity index is 789. The highest BCUT2D eigenvalue weighted by molar-refractivity contribution is 9.10. The Balaban J connectivity index is 1.77. The molecule has 0 fully saturated rings. The molecule has 110 valence electrons. The van der Waals surface area contributed by atoms with E-state index in [0.717, 1.165) is 21.3 Å². The molecule has 0 aliphatic heterocycles. The second-order valence-electron chi connectivity index (χ2n) is 4.56. The first-order valence-electron chi connectivity index (χ1n) is 6.60. The normalized spacial score (nSPS) is 10.4. The zero-order valence-corrected chi connectivity index (χ0v) is 13.9. The maximum atomic E-state index is 12.1. The highest BCUT2D eigenvalue weighted by Gasteiger charge is 2.11. The molecule has 0 spiro atoms. The minimum Gasteiger partial charge on any atom is -0.347 e. The largest absolute Gasteiger partial charge is 0.347 e. The van der Waals surface area contributed by atoms with Gasteiger partial charge in [-0.25, -0.2) is 0 Å². The van der Waals surface area contributed by atoms with E-state index in [1.165, 1.54) is 11.3 Å². The summed E-state index contributed by atoms with van der Waals surface area (Å²) in [5.74, 6) is -0.0864. The van der Waals surface area contributed by atoms with Crippen molar-refractivity contribution in [3.8, 4) is 11.3 Å². The van der Waals surface area contributed by atoms with E-state index in [2.05, 4.69) is 31.2 Å². The van der Waals surface area contributed by atoms with E-state index in [1.807, 2.05) is 35.7 Å². The molecule has 3 rings (SSSR count). The summed E-state index contributed by atoms with van der Waals surface area (Å²) >= 11 is 4.76. The Kier molecular flexibility index (Phi) is 4.60. The van der Waals surface area contributed by atoms with Crippen molar-refractivity contribution in [2.45, 2.75) is 6.54 Å². The van der Waals surface area contributed by atoms with Gasteiger partial charge >= 0.3 is 0 Å². The molecule has 4 nitrogen and oxygen atoms in total. The summed E-state index contributed by atoms with van der Waals surface area (Å²) in [6.07, 6.45) is 5.23. The summed E-state index contributed by atoms with van der Waals surface area (Å²) in [5.41, 5.74) is 2.73. The molecule has 1 N–H and O–H groups in total. The molecule has 3 heterocycles. The van der Waals surface area contributed by atoms with Crippen LogP contribution in [0.2, 0.25) is 0 Å². The fourth-order valence-electron chi connectivity index (χ4n) is 2.04. The van der Waals surface area contributed by atoms with Crippen LogP contribution in [-0.2, 0) is 6.54 Å². The molecule has 0 radical (unpaired) electrons. The molecular formula is C16H12BrN3OS. The van der Waals surface area contributed by atoms with Crippen molar-refractivity contribution in [2.75, 3.05) is 0 Å². The highest BCUT2D eigenvalue weighted by atomic mass is 79.9. The Morgan fingerprint density at radius 3 is 2.86 bits per heavy atom. The number of thiophene rings is 1. The molecular weight excluding hydrogens is 362 g/mol. The van der Waals surface area contributed by atoms with Gasteiger partial charge in [0.05, 0.1) is 10.6 Å². The SMILES string of the molecule is O=C(NCc1cccnc1-c1cccnc1)c1cc(Br)cs1. The number of amides is 1. The van der Waals surface area contributed by atoms with Gasteiger partial charge in [0.15, 0.2) is 0 Å². The van der Waals surface area contributed by atoms with E-state index < -0.39 is 0 Å². The van der Waals surface area contributed by atoms with E-state index in [9.17, 15) is 4.79 Å². The summed E-state index contributed by atoms with van der Waals surface area (Å²) in [6.45, 7) is 0.423. The molecule has 3 aromatic rings. The van der Waals surface area contributed by atoms with Crippen LogP contribution in [0.4, 0.5) is 0 Å². The molecule has 0 saturated heterocycles. The number of nitrogens with one attached hydrogen (secondary N) is 1. The number of hydrogen-bond acceptors (Lipinski definition) is 4. The molecule has 22 heavy (non-hydrogen) atoms. The molecule has 0 aromatic carbocycles. The quantitative estimate of drug-likeness (QED) is 0.754. The molecule has 0 bridgehead atoms. The number of carbonyl (C=O) groups is 1. The van der Waals surface area contributed by atoms with Gasteiger partial charge in [-0.3, -0.25) is 14.8 Å². The Labute approximate surface area is 140 Å². The summed E-state index contributed by atoms with van der Waals surface area (Å²) in [6, 6.07) is 9.46. The van der Waals surface area contributed by atoms with Gasteiger partial charge < -0.3 is 5.32 Å². The van der Waals surface area contributed by atoms with Crippen LogP contribution in [0, 0.1) is 0 Å². The maximum absolute atomic E-state index is 12.1. The maximum Gasteiger partial charge on any atom is 0.261 e. The minimum absolute atomic E-state index is 0.0864. The van der Waals surface area contributed by atoms with Gasteiger partial charge in [0.25, 0.3) is 5.91 Å².